The summed E-state index contributed by atoms with van der Waals surface area (Å²) in [6.07, 6.45) is 0.809. The van der Waals surface area contributed by atoms with Gasteiger partial charge < -0.3 is 14.5 Å². The van der Waals surface area contributed by atoms with E-state index in [0.717, 1.165) is 30.1 Å². The first-order valence-corrected chi connectivity index (χ1v) is 9.21. The number of nitrogens with zero attached hydrogens (tertiary/aromatic N) is 2. The van der Waals surface area contributed by atoms with Gasteiger partial charge in [-0.1, -0.05) is 0 Å². The highest BCUT2D eigenvalue weighted by Gasteiger charge is 2.23. The van der Waals surface area contributed by atoms with Gasteiger partial charge in [-0.2, -0.15) is 0 Å². The number of ether oxygens (including phenoxy) is 1. The third-order valence-electron chi connectivity index (χ3n) is 3.88. The molecule has 0 saturated carbocycles. The normalized spacial score (nSPS) is 14.2. The Balaban J connectivity index is 1.60. The zero-order chi connectivity index (χ0) is 18.7. The van der Waals surface area contributed by atoms with Crippen LogP contribution in [0.15, 0.2) is 16.5 Å². The Labute approximate surface area is 155 Å². The summed E-state index contributed by atoms with van der Waals surface area (Å²) in [4.78, 5) is 31.1. The number of amides is 2. The predicted octanol–water partition coefficient (Wildman–Crippen LogP) is 2.61. The molecule has 3 heterocycles. The number of nitrogens with one attached hydrogen (secondary N) is 2. The van der Waals surface area contributed by atoms with Gasteiger partial charge in [-0.15, -0.1) is 11.3 Å². The van der Waals surface area contributed by atoms with E-state index in [2.05, 4.69) is 25.3 Å². The molecule has 2 amide bonds. The van der Waals surface area contributed by atoms with Crippen molar-refractivity contribution in [3.05, 3.63) is 34.2 Å². The van der Waals surface area contributed by atoms with Crippen molar-refractivity contribution in [2.24, 2.45) is 0 Å². The molecule has 0 radical (unpaired) electrons. The number of hydrogen-bond acceptors (Lipinski definition) is 7. The van der Waals surface area contributed by atoms with Crippen LogP contribution in [0.5, 0.6) is 0 Å². The van der Waals surface area contributed by atoms with E-state index in [9.17, 15) is 9.59 Å². The van der Waals surface area contributed by atoms with Crippen LogP contribution in [0.1, 0.15) is 40.7 Å². The smallest absolute Gasteiger partial charge is 0.373 e. The number of carbonyl (C=O) groups is 2. The van der Waals surface area contributed by atoms with Crippen LogP contribution in [0.3, 0.4) is 0 Å². The molecule has 26 heavy (non-hydrogen) atoms. The van der Waals surface area contributed by atoms with E-state index in [1.54, 1.807) is 12.1 Å². The number of anilines is 1. The molecule has 140 valence electrons. The lowest BCUT2D eigenvalue weighted by Crippen LogP contribution is -2.34. The summed E-state index contributed by atoms with van der Waals surface area (Å²) in [5, 5.41) is 6.18. The quantitative estimate of drug-likeness (QED) is 0.777. The van der Waals surface area contributed by atoms with Gasteiger partial charge in [0.1, 0.15) is 5.76 Å². The second-order valence-electron chi connectivity index (χ2n) is 6.36. The van der Waals surface area contributed by atoms with E-state index in [1.165, 1.54) is 18.4 Å². The summed E-state index contributed by atoms with van der Waals surface area (Å²) in [7, 11) is 1.33. The molecule has 2 aromatic rings. The first-order valence-electron chi connectivity index (χ1n) is 8.40. The maximum absolute atomic E-state index is 11.8. The number of aromatic nitrogens is 1. The second kappa shape index (κ2) is 7.88. The van der Waals surface area contributed by atoms with Crippen LogP contribution in [0, 0.1) is 0 Å². The highest BCUT2D eigenvalue weighted by Crippen LogP contribution is 2.29. The van der Waals surface area contributed by atoms with Crippen LogP contribution in [0.2, 0.25) is 0 Å². The van der Waals surface area contributed by atoms with Gasteiger partial charge in [0.2, 0.25) is 5.76 Å². The summed E-state index contributed by atoms with van der Waals surface area (Å²) >= 11 is 1.49. The number of carbonyl (C=O) groups excluding carboxylic acids is 2. The Morgan fingerprint density at radius 2 is 2.23 bits per heavy atom. The first-order chi connectivity index (χ1) is 12.4. The van der Waals surface area contributed by atoms with Crippen molar-refractivity contribution in [1.82, 2.24) is 15.2 Å². The number of esters is 1. The van der Waals surface area contributed by atoms with Gasteiger partial charge in [-0.05, 0) is 26.0 Å². The standard InChI is InChI=1S/C17H22N4O4S/c1-10(2)18-16(23)20-17-19-12-6-7-21(9-14(12)26-17)8-11-4-5-13(25-11)15(22)24-3/h4-5,10H,6-9H2,1-3H3,(H2,18,19,20,23). The van der Waals surface area contributed by atoms with E-state index in [0.29, 0.717) is 17.4 Å². The molecule has 8 nitrogen and oxygen atoms in total. The van der Waals surface area contributed by atoms with E-state index in [4.69, 9.17) is 4.42 Å². The number of urea groups is 1. The Morgan fingerprint density at radius 1 is 1.42 bits per heavy atom. The molecule has 9 heteroatoms. The molecule has 2 N–H and O–H groups in total. The molecule has 0 bridgehead atoms. The fourth-order valence-electron chi connectivity index (χ4n) is 2.73. The molecule has 0 atom stereocenters. The third-order valence-corrected chi connectivity index (χ3v) is 4.88. The first kappa shape index (κ1) is 18.4. The molecule has 2 aromatic heterocycles. The van der Waals surface area contributed by atoms with Gasteiger partial charge in [0.25, 0.3) is 0 Å². The topological polar surface area (TPSA) is 96.7 Å². The molecule has 0 aromatic carbocycles. The molecular formula is C17H22N4O4S. The Kier molecular flexibility index (Phi) is 5.58. The van der Waals surface area contributed by atoms with Gasteiger partial charge in [-0.3, -0.25) is 10.2 Å². The molecule has 0 spiro atoms. The molecular weight excluding hydrogens is 356 g/mol. The van der Waals surface area contributed by atoms with Gasteiger partial charge in [0, 0.05) is 30.4 Å². The van der Waals surface area contributed by atoms with Crippen LogP contribution < -0.4 is 10.6 Å². The van der Waals surface area contributed by atoms with Crippen LogP contribution in [-0.4, -0.2) is 41.6 Å². The molecule has 0 unspecified atom stereocenters. The Hall–Kier alpha value is -2.39. The van der Waals surface area contributed by atoms with Crippen molar-refractivity contribution in [3.8, 4) is 0 Å². The number of hydrogen-bond donors (Lipinski definition) is 2. The van der Waals surface area contributed by atoms with Crippen LogP contribution in [0.25, 0.3) is 0 Å². The summed E-state index contributed by atoms with van der Waals surface area (Å²) in [5.74, 6) is 0.448. The number of rotatable bonds is 5. The second-order valence-corrected chi connectivity index (χ2v) is 7.44. The summed E-state index contributed by atoms with van der Waals surface area (Å²) < 4.78 is 10.2. The van der Waals surface area contributed by atoms with E-state index >= 15 is 0 Å². The zero-order valence-corrected chi connectivity index (χ0v) is 15.8. The minimum atomic E-state index is -0.477. The van der Waals surface area contributed by atoms with E-state index < -0.39 is 5.97 Å². The molecule has 0 fully saturated rings. The van der Waals surface area contributed by atoms with Crippen LogP contribution in [-0.2, 0) is 24.2 Å². The highest BCUT2D eigenvalue weighted by atomic mass is 32.1. The molecule has 0 saturated heterocycles. The maximum atomic E-state index is 11.8. The highest BCUT2D eigenvalue weighted by molar-refractivity contribution is 7.15. The average Bonchev–Trinajstić information content (AvgIpc) is 3.19. The lowest BCUT2D eigenvalue weighted by molar-refractivity contribution is 0.0561. The number of thiazole rings is 1. The fourth-order valence-corrected chi connectivity index (χ4v) is 3.77. The molecule has 0 aliphatic carbocycles. The van der Waals surface area contributed by atoms with Gasteiger partial charge >= 0.3 is 12.0 Å². The van der Waals surface area contributed by atoms with Gasteiger partial charge in [0.15, 0.2) is 5.13 Å². The zero-order valence-electron chi connectivity index (χ0n) is 15.0. The van der Waals surface area contributed by atoms with Crippen molar-refractivity contribution in [3.63, 3.8) is 0 Å². The SMILES string of the molecule is COC(=O)c1ccc(CN2CCc3nc(NC(=O)NC(C)C)sc3C2)o1. The predicted molar refractivity (Wildman–Crippen MR) is 97.3 cm³/mol. The van der Waals surface area contributed by atoms with Crippen LogP contribution in [0.4, 0.5) is 9.93 Å². The lowest BCUT2D eigenvalue weighted by Gasteiger charge is -2.24. The van der Waals surface area contributed by atoms with Crippen molar-refractivity contribution < 1.29 is 18.7 Å². The third kappa shape index (κ3) is 4.41. The molecule has 3 rings (SSSR count). The van der Waals surface area contributed by atoms with Crippen molar-refractivity contribution in [2.45, 2.75) is 39.4 Å². The van der Waals surface area contributed by atoms with Crippen LogP contribution >= 0.6 is 11.3 Å². The maximum Gasteiger partial charge on any atom is 0.373 e. The largest absolute Gasteiger partial charge is 0.463 e. The Bertz CT molecular complexity index is 799. The summed E-state index contributed by atoms with van der Waals surface area (Å²) in [6.45, 7) is 5.98. The van der Waals surface area contributed by atoms with Crippen molar-refractivity contribution >= 4 is 28.5 Å². The number of furan rings is 1. The lowest BCUT2D eigenvalue weighted by atomic mass is 10.2. The average molecular weight is 378 g/mol. The van der Waals surface area contributed by atoms with E-state index in [1.807, 2.05) is 13.8 Å². The van der Waals surface area contributed by atoms with Crippen molar-refractivity contribution in [2.75, 3.05) is 19.0 Å². The number of methoxy groups -OCH3 is 1. The monoisotopic (exact) mass is 378 g/mol. The minimum Gasteiger partial charge on any atom is -0.463 e. The van der Waals surface area contributed by atoms with E-state index in [-0.39, 0.29) is 17.8 Å². The van der Waals surface area contributed by atoms with Gasteiger partial charge in [0.05, 0.1) is 19.3 Å². The van der Waals surface area contributed by atoms with Gasteiger partial charge in [-0.25, -0.2) is 14.6 Å². The fraction of sp³-hybridized carbons (Fsp3) is 0.471. The molecule has 1 aliphatic rings. The van der Waals surface area contributed by atoms with Crippen molar-refractivity contribution in [1.29, 1.82) is 0 Å². The molecule has 1 aliphatic heterocycles. The Morgan fingerprint density at radius 3 is 2.96 bits per heavy atom. The summed E-state index contributed by atoms with van der Waals surface area (Å²) in [5.41, 5.74) is 1.03. The minimum absolute atomic E-state index is 0.0725. The summed E-state index contributed by atoms with van der Waals surface area (Å²) in [6, 6.07) is 3.24. The number of fused-ring (bicyclic) bond motifs is 1.